The van der Waals surface area contributed by atoms with Gasteiger partial charge in [0.05, 0.1) is 28.5 Å². The second-order valence-electron chi connectivity index (χ2n) is 8.89. The maximum atomic E-state index is 9.67. The Hall–Kier alpha value is -4.97. The van der Waals surface area contributed by atoms with Crippen molar-refractivity contribution in [2.45, 2.75) is 26.4 Å². The van der Waals surface area contributed by atoms with Crippen LogP contribution in [0.5, 0.6) is 0 Å². The molecule has 0 spiro atoms. The van der Waals surface area contributed by atoms with Crippen molar-refractivity contribution in [2.75, 3.05) is 16.4 Å². The highest BCUT2D eigenvalue weighted by Gasteiger charge is 2.20. The van der Waals surface area contributed by atoms with Gasteiger partial charge in [-0.1, -0.05) is 30.3 Å². The second-order valence-corrected chi connectivity index (χ2v) is 8.89. The minimum atomic E-state index is -0.283. The maximum Gasteiger partial charge on any atom is 0.222 e. The SMILES string of the molecule is Cc1nc(N)nc(N[C@@H](C)c2nc3ccn(C)c3cc2-c2ccnc(NCc3ccccc3)c2)c1C#N. The predicted octanol–water partition coefficient (Wildman–Crippen LogP) is 4.97. The number of nitrogens with one attached hydrogen (secondary N) is 2. The Bertz CT molecular complexity index is 1620. The molecular formula is C28H27N9. The minimum Gasteiger partial charge on any atom is -0.368 e. The number of nitrogens with zero attached hydrogens (tertiary/aromatic N) is 6. The van der Waals surface area contributed by atoms with Crippen molar-refractivity contribution in [3.63, 3.8) is 0 Å². The van der Waals surface area contributed by atoms with Crippen LogP contribution in [-0.4, -0.2) is 24.5 Å². The number of nitriles is 1. The summed E-state index contributed by atoms with van der Waals surface area (Å²) in [6, 6.07) is 20.2. The van der Waals surface area contributed by atoms with E-state index in [1.54, 1.807) is 13.1 Å². The van der Waals surface area contributed by atoms with E-state index < -0.39 is 0 Å². The second kappa shape index (κ2) is 9.95. The van der Waals surface area contributed by atoms with E-state index in [4.69, 9.17) is 10.7 Å². The zero-order chi connectivity index (χ0) is 25.9. The number of nitrogen functional groups attached to an aromatic ring is 1. The number of rotatable bonds is 7. The van der Waals surface area contributed by atoms with Crippen molar-refractivity contribution in [1.82, 2.24) is 24.5 Å². The summed E-state index contributed by atoms with van der Waals surface area (Å²) in [5.41, 5.74) is 12.6. The predicted molar refractivity (Wildman–Crippen MR) is 146 cm³/mol. The molecule has 0 unspecified atom stereocenters. The Morgan fingerprint density at radius 2 is 1.89 bits per heavy atom. The summed E-state index contributed by atoms with van der Waals surface area (Å²) in [6.07, 6.45) is 3.78. The largest absolute Gasteiger partial charge is 0.368 e. The number of nitrogens with two attached hydrogens (primary N) is 1. The summed E-state index contributed by atoms with van der Waals surface area (Å²) in [7, 11) is 2.00. The number of hydrogen-bond acceptors (Lipinski definition) is 8. The van der Waals surface area contributed by atoms with Gasteiger partial charge < -0.3 is 20.9 Å². The molecule has 184 valence electrons. The lowest BCUT2D eigenvalue weighted by molar-refractivity contribution is 0.837. The van der Waals surface area contributed by atoms with Gasteiger partial charge in [0.15, 0.2) is 0 Å². The normalized spacial score (nSPS) is 11.7. The molecule has 0 saturated heterocycles. The standard InChI is InChI=1S/C28H27N9/c1-17-22(15-29)27(36-28(30)34-17)33-18(2)26-21(14-24-23(35-26)10-12-37(24)3)20-9-11-31-25(13-20)32-16-19-7-5-4-6-8-19/h4-14,18H,16H2,1-3H3,(H,31,32)(H3,30,33,34,36)/t18-/m0/s1. The average molecular weight is 490 g/mol. The molecule has 4 aromatic heterocycles. The van der Waals surface area contributed by atoms with E-state index in [-0.39, 0.29) is 12.0 Å². The van der Waals surface area contributed by atoms with Crippen LogP contribution in [0, 0.1) is 18.3 Å². The van der Waals surface area contributed by atoms with Crippen LogP contribution in [-0.2, 0) is 13.6 Å². The molecule has 0 aliphatic heterocycles. The van der Waals surface area contributed by atoms with Crippen molar-refractivity contribution in [3.05, 3.63) is 89.5 Å². The van der Waals surface area contributed by atoms with E-state index in [0.29, 0.717) is 23.6 Å². The summed E-state index contributed by atoms with van der Waals surface area (Å²) in [5, 5.41) is 16.4. The quantitative estimate of drug-likeness (QED) is 0.292. The molecule has 0 fully saturated rings. The lowest BCUT2D eigenvalue weighted by atomic mass is 10.00. The van der Waals surface area contributed by atoms with Crippen LogP contribution in [0.25, 0.3) is 22.2 Å². The molecule has 4 heterocycles. The van der Waals surface area contributed by atoms with Crippen LogP contribution in [0.15, 0.2) is 67.0 Å². The average Bonchev–Trinajstić information content (AvgIpc) is 3.27. The van der Waals surface area contributed by atoms with Gasteiger partial charge in [-0.25, -0.2) is 15.0 Å². The first-order valence-corrected chi connectivity index (χ1v) is 11.9. The van der Waals surface area contributed by atoms with E-state index in [9.17, 15) is 5.26 Å². The van der Waals surface area contributed by atoms with Crippen LogP contribution in [0.1, 0.15) is 35.5 Å². The van der Waals surface area contributed by atoms with E-state index in [1.165, 1.54) is 5.56 Å². The monoisotopic (exact) mass is 489 g/mol. The molecule has 0 bridgehead atoms. The lowest BCUT2D eigenvalue weighted by Crippen LogP contribution is -2.14. The molecule has 5 rings (SSSR count). The number of aryl methyl sites for hydroxylation is 2. The minimum absolute atomic E-state index is 0.112. The van der Waals surface area contributed by atoms with Crippen LogP contribution >= 0.6 is 0 Å². The molecule has 1 aromatic carbocycles. The van der Waals surface area contributed by atoms with E-state index >= 15 is 0 Å². The van der Waals surface area contributed by atoms with Gasteiger partial charge in [-0.3, -0.25) is 0 Å². The number of aromatic nitrogens is 5. The van der Waals surface area contributed by atoms with Crippen LogP contribution in [0.3, 0.4) is 0 Å². The smallest absolute Gasteiger partial charge is 0.222 e. The van der Waals surface area contributed by atoms with Gasteiger partial charge in [0.2, 0.25) is 5.95 Å². The third-order valence-corrected chi connectivity index (χ3v) is 6.27. The molecule has 0 saturated carbocycles. The summed E-state index contributed by atoms with van der Waals surface area (Å²) in [4.78, 5) is 17.9. The highest BCUT2D eigenvalue weighted by atomic mass is 15.1. The first-order valence-electron chi connectivity index (χ1n) is 11.9. The van der Waals surface area contributed by atoms with Gasteiger partial charge in [-0.05, 0) is 49.2 Å². The van der Waals surface area contributed by atoms with Crippen LogP contribution in [0.2, 0.25) is 0 Å². The first kappa shape index (κ1) is 23.8. The van der Waals surface area contributed by atoms with Crippen molar-refractivity contribution < 1.29 is 0 Å². The Labute approximate surface area is 215 Å². The van der Waals surface area contributed by atoms with Gasteiger partial charge in [0.25, 0.3) is 0 Å². The van der Waals surface area contributed by atoms with Crippen molar-refractivity contribution >= 4 is 28.6 Å². The molecule has 0 amide bonds. The van der Waals surface area contributed by atoms with E-state index in [1.807, 2.05) is 61.1 Å². The van der Waals surface area contributed by atoms with Crippen molar-refractivity contribution in [3.8, 4) is 17.2 Å². The van der Waals surface area contributed by atoms with Crippen molar-refractivity contribution in [1.29, 1.82) is 5.26 Å². The molecule has 0 radical (unpaired) electrons. The Kier molecular flexibility index (Phi) is 6.39. The summed E-state index contributed by atoms with van der Waals surface area (Å²) in [6.45, 7) is 4.40. The van der Waals surface area contributed by atoms with Gasteiger partial charge in [0, 0.05) is 31.5 Å². The number of benzene rings is 1. The number of fused-ring (bicyclic) bond motifs is 1. The Balaban J connectivity index is 1.54. The fourth-order valence-corrected chi connectivity index (χ4v) is 4.35. The topological polar surface area (TPSA) is 130 Å². The lowest BCUT2D eigenvalue weighted by Gasteiger charge is -2.20. The zero-order valence-corrected chi connectivity index (χ0v) is 20.9. The Morgan fingerprint density at radius 3 is 2.68 bits per heavy atom. The van der Waals surface area contributed by atoms with Crippen molar-refractivity contribution in [2.24, 2.45) is 7.05 Å². The molecule has 37 heavy (non-hydrogen) atoms. The summed E-state index contributed by atoms with van der Waals surface area (Å²) in [5.74, 6) is 1.27. The van der Waals surface area contributed by atoms with Crippen LogP contribution < -0.4 is 16.4 Å². The fraction of sp³-hybridized carbons (Fsp3) is 0.179. The first-order chi connectivity index (χ1) is 17.9. The molecule has 4 N–H and O–H groups in total. The maximum absolute atomic E-state index is 9.67. The van der Waals surface area contributed by atoms with Gasteiger partial charge in [-0.15, -0.1) is 0 Å². The number of hydrogen-bond donors (Lipinski definition) is 3. The molecule has 9 heteroatoms. The van der Waals surface area contributed by atoms with Gasteiger partial charge in [0.1, 0.15) is 23.3 Å². The van der Waals surface area contributed by atoms with Crippen LogP contribution in [0.4, 0.5) is 17.6 Å². The van der Waals surface area contributed by atoms with Gasteiger partial charge >= 0.3 is 0 Å². The third kappa shape index (κ3) is 4.90. The summed E-state index contributed by atoms with van der Waals surface area (Å²) >= 11 is 0. The highest BCUT2D eigenvalue weighted by molar-refractivity contribution is 5.84. The molecular weight excluding hydrogens is 462 g/mol. The highest BCUT2D eigenvalue weighted by Crippen LogP contribution is 2.33. The Morgan fingerprint density at radius 1 is 1.08 bits per heavy atom. The molecule has 9 nitrogen and oxygen atoms in total. The molecule has 1 atom stereocenters. The molecule has 0 aliphatic carbocycles. The fourth-order valence-electron chi connectivity index (χ4n) is 4.35. The van der Waals surface area contributed by atoms with E-state index in [2.05, 4.69) is 49.9 Å². The molecule has 0 aliphatic rings. The van der Waals surface area contributed by atoms with Gasteiger partial charge in [-0.2, -0.15) is 10.2 Å². The summed E-state index contributed by atoms with van der Waals surface area (Å²) < 4.78 is 2.05. The number of pyridine rings is 2. The third-order valence-electron chi connectivity index (χ3n) is 6.27. The zero-order valence-electron chi connectivity index (χ0n) is 20.9. The van der Waals surface area contributed by atoms with E-state index in [0.717, 1.165) is 33.7 Å². The number of anilines is 3. The molecule has 5 aromatic rings.